The minimum Gasteiger partial charge on any atom is -0.294 e. The molecule has 0 fully saturated rings. The first-order valence-electron chi connectivity index (χ1n) is 5.39. The average Bonchev–Trinajstić information content (AvgIpc) is 2.33. The molecule has 0 N–H and O–H groups in total. The summed E-state index contributed by atoms with van der Waals surface area (Å²) in [5, 5.41) is 0.356. The third-order valence-corrected chi connectivity index (χ3v) is 3.89. The van der Waals surface area contributed by atoms with Crippen molar-refractivity contribution in [3.8, 4) is 0 Å². The van der Waals surface area contributed by atoms with Gasteiger partial charge in [-0.2, -0.15) is 0 Å². The summed E-state index contributed by atoms with van der Waals surface area (Å²) < 4.78 is 15.1. The van der Waals surface area contributed by atoms with Crippen molar-refractivity contribution in [3.63, 3.8) is 0 Å². The summed E-state index contributed by atoms with van der Waals surface area (Å²) in [4.78, 5) is 12.1. The largest absolute Gasteiger partial charge is 0.294 e. The van der Waals surface area contributed by atoms with Gasteiger partial charge in [0, 0.05) is 20.9 Å². The van der Waals surface area contributed by atoms with Crippen molar-refractivity contribution in [1.82, 2.24) is 0 Å². The maximum Gasteiger partial charge on any atom is 0.168 e. The standard InChI is InChI=1S/C14H8Br2ClFO/c15-9-2-4-13(18)8(5-9)6-14(19)11-3-1-10(16)7-12(11)17/h1-5,7H,6H2. The fraction of sp³-hybridized carbons (Fsp3) is 0.0714. The van der Waals surface area contributed by atoms with E-state index in [2.05, 4.69) is 31.9 Å². The topological polar surface area (TPSA) is 17.1 Å². The molecule has 1 nitrogen and oxygen atoms in total. The van der Waals surface area contributed by atoms with Crippen LogP contribution in [0, 0.1) is 5.82 Å². The first kappa shape index (κ1) is 14.7. The third-order valence-electron chi connectivity index (χ3n) is 2.59. The first-order chi connectivity index (χ1) is 8.97. The molecule has 0 radical (unpaired) electrons. The van der Waals surface area contributed by atoms with Crippen LogP contribution in [-0.4, -0.2) is 5.78 Å². The van der Waals surface area contributed by atoms with Gasteiger partial charge in [0.25, 0.3) is 0 Å². The van der Waals surface area contributed by atoms with Crippen molar-refractivity contribution in [2.24, 2.45) is 0 Å². The van der Waals surface area contributed by atoms with Gasteiger partial charge in [-0.05, 0) is 42.0 Å². The molecule has 19 heavy (non-hydrogen) atoms. The fourth-order valence-electron chi connectivity index (χ4n) is 1.66. The molecular weight excluding hydrogens is 398 g/mol. The molecule has 0 spiro atoms. The van der Waals surface area contributed by atoms with Gasteiger partial charge >= 0.3 is 0 Å². The molecule has 0 aliphatic heterocycles. The Balaban J connectivity index is 2.28. The fourth-order valence-corrected chi connectivity index (χ4v) is 2.85. The summed E-state index contributed by atoms with van der Waals surface area (Å²) in [6.07, 6.45) is -0.0212. The van der Waals surface area contributed by atoms with E-state index in [9.17, 15) is 9.18 Å². The molecule has 2 rings (SSSR count). The quantitative estimate of drug-likeness (QED) is 0.621. The molecular formula is C14H8Br2ClFO. The molecule has 2 aromatic rings. The number of carbonyl (C=O) groups is 1. The second-order valence-electron chi connectivity index (χ2n) is 3.96. The van der Waals surface area contributed by atoms with Gasteiger partial charge < -0.3 is 0 Å². The van der Waals surface area contributed by atoms with Gasteiger partial charge in [-0.15, -0.1) is 0 Å². The minimum absolute atomic E-state index is 0.0212. The summed E-state index contributed by atoms with van der Waals surface area (Å²) in [7, 11) is 0. The molecule has 0 saturated carbocycles. The van der Waals surface area contributed by atoms with E-state index in [4.69, 9.17) is 11.6 Å². The van der Waals surface area contributed by atoms with Crippen LogP contribution in [0.25, 0.3) is 0 Å². The lowest BCUT2D eigenvalue weighted by Crippen LogP contribution is -2.06. The highest BCUT2D eigenvalue weighted by atomic mass is 79.9. The molecule has 2 aromatic carbocycles. The lowest BCUT2D eigenvalue weighted by Gasteiger charge is -2.06. The first-order valence-corrected chi connectivity index (χ1v) is 7.36. The minimum atomic E-state index is -0.398. The molecule has 0 amide bonds. The van der Waals surface area contributed by atoms with Gasteiger partial charge in [0.1, 0.15) is 5.82 Å². The normalized spacial score (nSPS) is 10.5. The number of ketones is 1. The summed E-state index contributed by atoms with van der Waals surface area (Å²) in [5.41, 5.74) is 0.739. The molecule has 0 bridgehead atoms. The van der Waals surface area contributed by atoms with Gasteiger partial charge in [0.05, 0.1) is 5.02 Å². The van der Waals surface area contributed by atoms with E-state index in [1.165, 1.54) is 6.07 Å². The zero-order valence-corrected chi connectivity index (χ0v) is 13.5. The Bertz CT molecular complexity index is 643. The third kappa shape index (κ3) is 3.65. The van der Waals surface area contributed by atoms with E-state index in [-0.39, 0.29) is 12.2 Å². The summed E-state index contributed by atoms with van der Waals surface area (Å²) in [6.45, 7) is 0. The summed E-state index contributed by atoms with van der Waals surface area (Å²) in [5.74, 6) is -0.612. The Morgan fingerprint density at radius 3 is 2.42 bits per heavy atom. The van der Waals surface area contributed by atoms with Crippen LogP contribution in [0.4, 0.5) is 4.39 Å². The van der Waals surface area contributed by atoms with Crippen LogP contribution in [0.2, 0.25) is 5.02 Å². The van der Waals surface area contributed by atoms with Crippen LogP contribution in [0.15, 0.2) is 45.3 Å². The SMILES string of the molecule is O=C(Cc1cc(Br)ccc1F)c1ccc(Br)cc1Cl. The number of halogens is 4. The van der Waals surface area contributed by atoms with Gasteiger partial charge in [-0.25, -0.2) is 4.39 Å². The van der Waals surface area contributed by atoms with Crippen molar-refractivity contribution in [3.05, 3.63) is 67.3 Å². The molecule has 0 aromatic heterocycles. The highest BCUT2D eigenvalue weighted by molar-refractivity contribution is 9.10. The van der Waals surface area contributed by atoms with Gasteiger partial charge in [-0.1, -0.05) is 43.5 Å². The number of carbonyl (C=O) groups excluding carboxylic acids is 1. The second-order valence-corrected chi connectivity index (χ2v) is 6.20. The van der Waals surface area contributed by atoms with Crippen molar-refractivity contribution >= 4 is 49.2 Å². The number of hydrogen-bond acceptors (Lipinski definition) is 1. The van der Waals surface area contributed by atoms with Crippen molar-refractivity contribution in [1.29, 1.82) is 0 Å². The zero-order valence-electron chi connectivity index (χ0n) is 9.59. The van der Waals surface area contributed by atoms with Crippen molar-refractivity contribution in [2.75, 3.05) is 0 Å². The van der Waals surface area contributed by atoms with Crippen molar-refractivity contribution in [2.45, 2.75) is 6.42 Å². The van der Waals surface area contributed by atoms with E-state index in [1.54, 1.807) is 30.3 Å². The van der Waals surface area contributed by atoms with Crippen LogP contribution in [-0.2, 0) is 6.42 Å². The van der Waals surface area contributed by atoms with Crippen LogP contribution in [0.3, 0.4) is 0 Å². The molecule has 0 unspecified atom stereocenters. The van der Waals surface area contributed by atoms with Crippen LogP contribution in [0.5, 0.6) is 0 Å². The Hall–Kier alpha value is -0.710. The Kier molecular flexibility index (Phi) is 4.76. The molecule has 0 aliphatic rings. The van der Waals surface area contributed by atoms with E-state index in [0.717, 1.165) is 8.95 Å². The van der Waals surface area contributed by atoms with Crippen LogP contribution in [0.1, 0.15) is 15.9 Å². The van der Waals surface area contributed by atoms with E-state index < -0.39 is 5.82 Å². The lowest BCUT2D eigenvalue weighted by atomic mass is 10.0. The Morgan fingerprint density at radius 2 is 1.74 bits per heavy atom. The molecule has 0 aliphatic carbocycles. The maximum atomic E-state index is 13.6. The smallest absolute Gasteiger partial charge is 0.168 e. The second kappa shape index (κ2) is 6.16. The highest BCUT2D eigenvalue weighted by Crippen LogP contribution is 2.24. The summed E-state index contributed by atoms with van der Waals surface area (Å²) in [6, 6.07) is 9.53. The average molecular weight is 406 g/mol. The molecule has 5 heteroatoms. The van der Waals surface area contributed by atoms with Crippen molar-refractivity contribution < 1.29 is 9.18 Å². The number of rotatable bonds is 3. The monoisotopic (exact) mass is 404 g/mol. The summed E-state index contributed by atoms with van der Waals surface area (Å²) >= 11 is 12.5. The molecule has 98 valence electrons. The number of benzene rings is 2. The van der Waals surface area contributed by atoms with Gasteiger partial charge in [0.2, 0.25) is 0 Å². The van der Waals surface area contributed by atoms with Crippen LogP contribution >= 0.6 is 43.5 Å². The highest BCUT2D eigenvalue weighted by Gasteiger charge is 2.14. The van der Waals surface area contributed by atoms with Crippen LogP contribution < -0.4 is 0 Å². The molecule has 0 atom stereocenters. The predicted molar refractivity (Wildman–Crippen MR) is 81.3 cm³/mol. The maximum absolute atomic E-state index is 13.6. The molecule has 0 saturated heterocycles. The van der Waals surface area contributed by atoms with Gasteiger partial charge in [-0.3, -0.25) is 4.79 Å². The number of Topliss-reactive ketones (excluding diaryl/α,β-unsaturated/α-hetero) is 1. The van der Waals surface area contributed by atoms with Gasteiger partial charge in [0.15, 0.2) is 5.78 Å². The van der Waals surface area contributed by atoms with E-state index in [0.29, 0.717) is 16.1 Å². The Morgan fingerprint density at radius 1 is 1.11 bits per heavy atom. The molecule has 0 heterocycles. The van der Waals surface area contributed by atoms with E-state index in [1.807, 2.05) is 0 Å². The zero-order chi connectivity index (χ0) is 14.0. The van der Waals surface area contributed by atoms with E-state index >= 15 is 0 Å². The predicted octanol–water partition coefficient (Wildman–Crippen LogP) is 5.43. The number of hydrogen-bond donors (Lipinski definition) is 0. The lowest BCUT2D eigenvalue weighted by molar-refractivity contribution is 0.0992. The Labute approximate surface area is 132 Å².